The third kappa shape index (κ3) is 8.25. The molecule has 84 heavy (non-hydrogen) atoms. The zero-order valence-electron chi connectivity index (χ0n) is 46.5. The standard InChI is InChI=1S/C76H54F6N2/c1-7-49-21-25-51(26-22-49)75(65-37-45(3)17-19-47(65)5)63-15-11-9-13-59(63)61-35-33-55(39-67(61)75)83(57-41-69(77)73(81)70(78)42-57)53-29-31-54(32-30-53)84(58-43-71(79)74(82)72(80)44-58)56-34-36-62-60-14-10-12-16-64(60)76(68(62)40-56,52-27-23-50(8-2)24-28-52)66-38-46(4)18-20-48(66)6/h7-44H,1-2H2,3-6H3. The van der Waals surface area contributed by atoms with E-state index in [0.29, 0.717) is 22.7 Å². The Hall–Kier alpha value is -9.92. The van der Waals surface area contributed by atoms with Gasteiger partial charge < -0.3 is 9.80 Å². The highest BCUT2D eigenvalue weighted by Gasteiger charge is 2.49. The van der Waals surface area contributed by atoms with Gasteiger partial charge in [-0.3, -0.25) is 0 Å². The van der Waals surface area contributed by atoms with Crippen LogP contribution in [0.15, 0.2) is 232 Å². The molecule has 13 rings (SSSR count). The van der Waals surface area contributed by atoms with Gasteiger partial charge in [-0.15, -0.1) is 0 Å². The summed E-state index contributed by atoms with van der Waals surface area (Å²) in [7, 11) is 0. The van der Waals surface area contributed by atoms with Crippen LogP contribution in [0.4, 0.5) is 60.5 Å². The Bertz CT molecular complexity index is 4160. The van der Waals surface area contributed by atoms with Crippen molar-refractivity contribution in [2.24, 2.45) is 0 Å². The Kier molecular flexibility index (Phi) is 13.0. The largest absolute Gasteiger partial charge is 0.310 e. The summed E-state index contributed by atoms with van der Waals surface area (Å²) in [6.07, 6.45) is 3.60. The van der Waals surface area contributed by atoms with Crippen LogP contribution in [0, 0.1) is 62.6 Å². The second kappa shape index (κ2) is 20.5. The molecule has 410 valence electrons. The van der Waals surface area contributed by atoms with Gasteiger partial charge >= 0.3 is 0 Å². The number of halogens is 6. The lowest BCUT2D eigenvalue weighted by Gasteiger charge is -2.36. The van der Waals surface area contributed by atoms with Crippen molar-refractivity contribution >= 4 is 46.3 Å². The predicted octanol–water partition coefficient (Wildman–Crippen LogP) is 20.7. The molecule has 0 spiro atoms. The molecule has 0 bridgehead atoms. The van der Waals surface area contributed by atoms with Crippen molar-refractivity contribution in [1.82, 2.24) is 0 Å². The SMILES string of the molecule is C=Cc1ccc(C2(c3cc(C)ccc3C)c3ccccc3-c3ccc(N(c4ccc(N(c5cc(F)c(F)c(F)c5)c5ccc6c(c5)C(c5ccc(C=C)cc5)(c5cc(C)ccc5C)c5ccccc5-6)cc4)c4cc(F)c(F)c(F)c4)cc32)cc1. The van der Waals surface area contributed by atoms with Gasteiger partial charge in [0.1, 0.15) is 0 Å². The van der Waals surface area contributed by atoms with E-state index in [1.54, 1.807) is 46.2 Å². The molecule has 0 N–H and O–H groups in total. The van der Waals surface area contributed by atoms with Crippen LogP contribution >= 0.6 is 0 Å². The molecule has 2 aliphatic rings. The molecule has 2 unspecified atom stereocenters. The highest BCUT2D eigenvalue weighted by molar-refractivity contribution is 5.92. The first-order valence-corrected chi connectivity index (χ1v) is 27.7. The molecule has 0 heterocycles. The van der Waals surface area contributed by atoms with E-state index in [-0.39, 0.29) is 11.4 Å². The Morgan fingerprint density at radius 3 is 1.00 bits per heavy atom. The Morgan fingerprint density at radius 2 is 0.643 bits per heavy atom. The molecule has 2 nitrogen and oxygen atoms in total. The monoisotopic (exact) mass is 1110 g/mol. The minimum absolute atomic E-state index is 0.0103. The van der Waals surface area contributed by atoms with Gasteiger partial charge in [0.05, 0.1) is 22.2 Å². The predicted molar refractivity (Wildman–Crippen MR) is 329 cm³/mol. The molecule has 0 radical (unpaired) electrons. The van der Waals surface area contributed by atoms with E-state index in [9.17, 15) is 0 Å². The number of hydrogen-bond acceptors (Lipinski definition) is 2. The lowest BCUT2D eigenvalue weighted by Crippen LogP contribution is -2.30. The van der Waals surface area contributed by atoms with E-state index in [1.807, 2.05) is 84.9 Å². The van der Waals surface area contributed by atoms with Gasteiger partial charge in [0.15, 0.2) is 34.9 Å². The van der Waals surface area contributed by atoms with Crippen LogP contribution in [0.25, 0.3) is 34.4 Å². The average Bonchev–Trinajstić information content (AvgIpc) is 1.77. The van der Waals surface area contributed by atoms with E-state index in [1.165, 1.54) is 0 Å². The maximum Gasteiger partial charge on any atom is 0.194 e. The highest BCUT2D eigenvalue weighted by atomic mass is 19.2. The van der Waals surface area contributed by atoms with Crippen molar-refractivity contribution < 1.29 is 26.3 Å². The minimum atomic E-state index is -1.61. The Morgan fingerprint density at radius 1 is 0.310 bits per heavy atom. The third-order valence-corrected chi connectivity index (χ3v) is 17.1. The van der Waals surface area contributed by atoms with Gasteiger partial charge in [-0.05, 0) is 165 Å². The molecule has 11 aromatic carbocycles. The first-order valence-electron chi connectivity index (χ1n) is 27.7. The second-order valence-corrected chi connectivity index (χ2v) is 22.0. The van der Waals surface area contributed by atoms with E-state index < -0.39 is 45.7 Å². The molecule has 0 aliphatic heterocycles. The smallest absolute Gasteiger partial charge is 0.194 e. The number of anilines is 6. The van der Waals surface area contributed by atoms with Gasteiger partial charge in [0.2, 0.25) is 0 Å². The molecule has 0 fully saturated rings. The Labute approximate surface area is 485 Å². The third-order valence-electron chi connectivity index (χ3n) is 17.1. The maximum atomic E-state index is 15.8. The first-order chi connectivity index (χ1) is 40.6. The van der Waals surface area contributed by atoms with Crippen molar-refractivity contribution in [3.63, 3.8) is 0 Å². The summed E-state index contributed by atoms with van der Waals surface area (Å²) in [5.41, 5.74) is 18.0. The molecule has 0 aromatic heterocycles. The summed E-state index contributed by atoms with van der Waals surface area (Å²) >= 11 is 0. The summed E-state index contributed by atoms with van der Waals surface area (Å²) in [6, 6.07) is 68.8. The molecule has 0 amide bonds. The van der Waals surface area contributed by atoms with Crippen molar-refractivity contribution in [3.8, 4) is 22.3 Å². The summed E-state index contributed by atoms with van der Waals surface area (Å²) in [6.45, 7) is 16.4. The fourth-order valence-corrected chi connectivity index (χ4v) is 13.3. The van der Waals surface area contributed by atoms with E-state index in [0.717, 1.165) is 124 Å². The zero-order valence-corrected chi connectivity index (χ0v) is 46.5. The van der Waals surface area contributed by atoms with Crippen LogP contribution < -0.4 is 9.80 Å². The number of aryl methyl sites for hydroxylation is 4. The van der Waals surface area contributed by atoms with E-state index in [2.05, 4.69) is 126 Å². The lowest BCUT2D eigenvalue weighted by atomic mass is 9.66. The molecule has 2 aliphatic carbocycles. The second-order valence-electron chi connectivity index (χ2n) is 22.0. The van der Waals surface area contributed by atoms with Gasteiger partial charge in [-0.2, -0.15) is 0 Å². The molecule has 0 saturated carbocycles. The van der Waals surface area contributed by atoms with Crippen LogP contribution in [0.1, 0.15) is 77.9 Å². The van der Waals surface area contributed by atoms with Crippen LogP contribution in [0.5, 0.6) is 0 Å². The number of fused-ring (bicyclic) bond motifs is 6. The van der Waals surface area contributed by atoms with Gasteiger partial charge in [0.25, 0.3) is 0 Å². The van der Waals surface area contributed by atoms with Crippen LogP contribution in [-0.4, -0.2) is 0 Å². The quantitative estimate of drug-likeness (QED) is 0.0889. The molecule has 11 aromatic rings. The van der Waals surface area contributed by atoms with Crippen LogP contribution in [-0.2, 0) is 10.8 Å². The highest BCUT2D eigenvalue weighted by Crippen LogP contribution is 2.60. The molecular weight excluding hydrogens is 1050 g/mol. The van der Waals surface area contributed by atoms with E-state index in [4.69, 9.17) is 0 Å². The minimum Gasteiger partial charge on any atom is -0.310 e. The molecule has 2 atom stereocenters. The van der Waals surface area contributed by atoms with Crippen molar-refractivity contribution in [1.29, 1.82) is 0 Å². The summed E-state index contributed by atoms with van der Waals surface area (Å²) < 4.78 is 93.2. The summed E-state index contributed by atoms with van der Waals surface area (Å²) in [5.74, 6) is -8.76. The number of hydrogen-bond donors (Lipinski definition) is 0. The average molecular weight is 1110 g/mol. The molecular formula is C76H54F6N2. The fourth-order valence-electron chi connectivity index (χ4n) is 13.3. The molecule has 0 saturated heterocycles. The van der Waals surface area contributed by atoms with Gasteiger partial charge in [-0.25, -0.2) is 26.3 Å². The van der Waals surface area contributed by atoms with Crippen LogP contribution in [0.2, 0.25) is 0 Å². The topological polar surface area (TPSA) is 6.48 Å². The Balaban J connectivity index is 1.02. The lowest BCUT2D eigenvalue weighted by molar-refractivity contribution is 0.447. The molecule has 8 heteroatoms. The number of rotatable bonds is 12. The maximum absolute atomic E-state index is 15.8. The first kappa shape index (κ1) is 53.4. The van der Waals surface area contributed by atoms with Crippen LogP contribution in [0.3, 0.4) is 0 Å². The van der Waals surface area contributed by atoms with E-state index >= 15 is 26.3 Å². The van der Waals surface area contributed by atoms with Gasteiger partial charge in [0, 0.05) is 47.0 Å². The fraction of sp³-hybridized carbons (Fsp3) is 0.0789. The van der Waals surface area contributed by atoms with Crippen molar-refractivity contribution in [2.75, 3.05) is 9.80 Å². The number of nitrogens with zero attached hydrogens (tertiary/aromatic N) is 2. The van der Waals surface area contributed by atoms with Gasteiger partial charge in [-0.1, -0.05) is 182 Å². The normalized spacial score (nSPS) is 15.5. The summed E-state index contributed by atoms with van der Waals surface area (Å²) in [4.78, 5) is 3.33. The number of benzene rings is 11. The van der Waals surface area contributed by atoms with Crippen molar-refractivity contribution in [3.05, 3.63) is 344 Å². The summed E-state index contributed by atoms with van der Waals surface area (Å²) in [5, 5.41) is 0. The zero-order chi connectivity index (χ0) is 58.3. The van der Waals surface area contributed by atoms with Crippen molar-refractivity contribution in [2.45, 2.75) is 38.5 Å².